The van der Waals surface area contributed by atoms with Crippen molar-refractivity contribution in [3.63, 3.8) is 0 Å². The molecule has 0 radical (unpaired) electrons. The summed E-state index contributed by atoms with van der Waals surface area (Å²) in [6.45, 7) is 1.82. The van der Waals surface area contributed by atoms with Crippen molar-refractivity contribution in [2.45, 2.75) is 6.92 Å². The largest absolute Gasteiger partial charge is 0.231 e. The number of rotatable bonds is 1. The predicted octanol–water partition coefficient (Wildman–Crippen LogP) is 2.64. The number of hydrogen-bond acceptors (Lipinski definition) is 4. The fraction of sp³-hybridized carbons (Fsp3) is 0.0833. The summed E-state index contributed by atoms with van der Waals surface area (Å²) in [5.74, 6) is 0. The second kappa shape index (κ2) is 3.68. The Bertz CT molecular complexity index is 719. The average molecular weight is 240 g/mol. The lowest BCUT2D eigenvalue weighted by atomic mass is 10.3. The fourth-order valence-electron chi connectivity index (χ4n) is 1.73. The number of nitrogens with zero attached hydrogens (tertiary/aromatic N) is 4. The van der Waals surface area contributed by atoms with E-state index in [0.717, 1.165) is 10.6 Å². The van der Waals surface area contributed by atoms with E-state index in [1.165, 1.54) is 0 Å². The molecule has 3 aromatic heterocycles. The van der Waals surface area contributed by atoms with Crippen LogP contribution < -0.4 is 0 Å². The molecule has 0 saturated heterocycles. The molecule has 0 aliphatic rings. The Morgan fingerprint density at radius 3 is 2.94 bits per heavy atom. The number of nitriles is 1. The Labute approximate surface area is 102 Å². The number of thiophene rings is 1. The molecule has 0 aliphatic carbocycles. The van der Waals surface area contributed by atoms with Gasteiger partial charge in [-0.05, 0) is 30.5 Å². The van der Waals surface area contributed by atoms with Crippen molar-refractivity contribution in [2.75, 3.05) is 0 Å². The molecule has 5 heteroatoms. The number of hydrogen-bond donors (Lipinski definition) is 0. The van der Waals surface area contributed by atoms with Gasteiger partial charge < -0.3 is 0 Å². The number of fused-ring (bicyclic) bond motifs is 1. The van der Waals surface area contributed by atoms with Crippen molar-refractivity contribution >= 4 is 17.0 Å². The van der Waals surface area contributed by atoms with Crippen LogP contribution in [0.4, 0.5) is 0 Å². The molecule has 0 amide bonds. The topological polar surface area (TPSA) is 54.0 Å². The van der Waals surface area contributed by atoms with Gasteiger partial charge in [0.1, 0.15) is 11.8 Å². The van der Waals surface area contributed by atoms with E-state index in [2.05, 4.69) is 16.2 Å². The number of imidazole rings is 1. The molecule has 3 heterocycles. The smallest absolute Gasteiger partial charge is 0.165 e. The number of aromatic nitrogens is 3. The van der Waals surface area contributed by atoms with Crippen LogP contribution in [0.3, 0.4) is 0 Å². The lowest BCUT2D eigenvalue weighted by molar-refractivity contribution is 0.926. The molecule has 0 atom stereocenters. The summed E-state index contributed by atoms with van der Waals surface area (Å²) in [7, 11) is 0. The molecule has 17 heavy (non-hydrogen) atoms. The van der Waals surface area contributed by atoms with Crippen molar-refractivity contribution in [3.8, 4) is 16.6 Å². The zero-order valence-corrected chi connectivity index (χ0v) is 9.90. The molecule has 0 bridgehead atoms. The summed E-state index contributed by atoms with van der Waals surface area (Å²) in [6, 6.07) is 9.93. The monoisotopic (exact) mass is 240 g/mol. The maximum absolute atomic E-state index is 9.08. The standard InChI is InChI=1S/C12H8N4S/c1-8-10(7-13)16-12(14-8)5-4-9(15-16)11-3-2-6-17-11/h2-6H,1H3. The van der Waals surface area contributed by atoms with E-state index in [1.807, 2.05) is 36.6 Å². The SMILES string of the molecule is Cc1nc2ccc(-c3cccs3)nn2c1C#N. The van der Waals surface area contributed by atoms with Crippen LogP contribution in [0.25, 0.3) is 16.2 Å². The van der Waals surface area contributed by atoms with Gasteiger partial charge in [-0.2, -0.15) is 10.4 Å². The highest BCUT2D eigenvalue weighted by Gasteiger charge is 2.10. The van der Waals surface area contributed by atoms with Gasteiger partial charge in [-0.1, -0.05) is 6.07 Å². The third kappa shape index (κ3) is 1.50. The van der Waals surface area contributed by atoms with Gasteiger partial charge in [0.2, 0.25) is 0 Å². The fourth-order valence-corrected chi connectivity index (χ4v) is 2.42. The first kappa shape index (κ1) is 10.00. The van der Waals surface area contributed by atoms with Gasteiger partial charge in [-0.3, -0.25) is 0 Å². The van der Waals surface area contributed by atoms with Crippen LogP contribution in [0, 0.1) is 18.3 Å². The van der Waals surface area contributed by atoms with Gasteiger partial charge in [0.05, 0.1) is 10.6 Å². The van der Waals surface area contributed by atoms with E-state index >= 15 is 0 Å². The number of aryl methyl sites for hydroxylation is 1. The van der Waals surface area contributed by atoms with Crippen LogP contribution in [0.2, 0.25) is 0 Å². The van der Waals surface area contributed by atoms with E-state index in [-0.39, 0.29) is 0 Å². The summed E-state index contributed by atoms with van der Waals surface area (Å²) >= 11 is 1.63. The van der Waals surface area contributed by atoms with Crippen molar-refractivity contribution < 1.29 is 0 Å². The van der Waals surface area contributed by atoms with Gasteiger partial charge in [0, 0.05) is 0 Å². The highest BCUT2D eigenvalue weighted by atomic mass is 32.1. The molecule has 0 aliphatic heterocycles. The molecule has 3 rings (SSSR count). The van der Waals surface area contributed by atoms with Crippen LogP contribution >= 0.6 is 11.3 Å². The maximum atomic E-state index is 9.08. The molecule has 0 fully saturated rings. The minimum atomic E-state index is 0.499. The van der Waals surface area contributed by atoms with Crippen LogP contribution in [0.5, 0.6) is 0 Å². The van der Waals surface area contributed by atoms with E-state index in [0.29, 0.717) is 17.0 Å². The molecule has 0 spiro atoms. The minimum absolute atomic E-state index is 0.499. The summed E-state index contributed by atoms with van der Waals surface area (Å²) < 4.78 is 1.60. The molecule has 82 valence electrons. The Balaban J connectivity index is 2.29. The molecule has 4 nitrogen and oxygen atoms in total. The van der Waals surface area contributed by atoms with Gasteiger partial charge in [-0.25, -0.2) is 9.50 Å². The first-order valence-corrected chi connectivity index (χ1v) is 5.98. The van der Waals surface area contributed by atoms with Gasteiger partial charge in [0.25, 0.3) is 0 Å². The first-order valence-electron chi connectivity index (χ1n) is 5.10. The van der Waals surface area contributed by atoms with Crippen LogP contribution in [-0.2, 0) is 0 Å². The highest BCUT2D eigenvalue weighted by molar-refractivity contribution is 7.13. The average Bonchev–Trinajstić information content (AvgIpc) is 2.93. The van der Waals surface area contributed by atoms with Crippen molar-refractivity contribution in [1.82, 2.24) is 14.6 Å². The van der Waals surface area contributed by atoms with Gasteiger partial charge in [-0.15, -0.1) is 11.3 Å². The Morgan fingerprint density at radius 1 is 1.35 bits per heavy atom. The zero-order chi connectivity index (χ0) is 11.8. The molecular formula is C12H8N4S. The van der Waals surface area contributed by atoms with Crippen molar-refractivity contribution in [2.24, 2.45) is 0 Å². The Hall–Kier alpha value is -2.19. The summed E-state index contributed by atoms with van der Waals surface area (Å²) in [5, 5.41) is 15.5. The Kier molecular flexibility index (Phi) is 2.16. The van der Waals surface area contributed by atoms with Crippen LogP contribution in [-0.4, -0.2) is 14.6 Å². The van der Waals surface area contributed by atoms with E-state index < -0.39 is 0 Å². The van der Waals surface area contributed by atoms with E-state index in [4.69, 9.17) is 5.26 Å². The summed E-state index contributed by atoms with van der Waals surface area (Å²) in [4.78, 5) is 5.37. The minimum Gasteiger partial charge on any atom is -0.231 e. The second-order valence-corrected chi connectivity index (χ2v) is 4.57. The van der Waals surface area contributed by atoms with E-state index in [1.54, 1.807) is 15.9 Å². The molecule has 3 aromatic rings. The second-order valence-electron chi connectivity index (χ2n) is 3.62. The lowest BCUT2D eigenvalue weighted by Gasteiger charge is -1.98. The molecule has 0 saturated carbocycles. The van der Waals surface area contributed by atoms with E-state index in [9.17, 15) is 0 Å². The Morgan fingerprint density at radius 2 is 2.24 bits per heavy atom. The molecule has 0 N–H and O–H groups in total. The summed E-state index contributed by atoms with van der Waals surface area (Å²) in [5.41, 5.74) is 2.78. The van der Waals surface area contributed by atoms with Crippen molar-refractivity contribution in [1.29, 1.82) is 5.26 Å². The van der Waals surface area contributed by atoms with Crippen LogP contribution in [0.1, 0.15) is 11.4 Å². The highest BCUT2D eigenvalue weighted by Crippen LogP contribution is 2.23. The molecule has 0 unspecified atom stereocenters. The van der Waals surface area contributed by atoms with Gasteiger partial charge in [0.15, 0.2) is 11.3 Å². The molecule has 0 aromatic carbocycles. The lowest BCUT2D eigenvalue weighted by Crippen LogP contribution is -1.96. The third-order valence-corrected chi connectivity index (χ3v) is 3.42. The first-order chi connectivity index (χ1) is 8.29. The molecular weight excluding hydrogens is 232 g/mol. The third-order valence-electron chi connectivity index (χ3n) is 2.53. The maximum Gasteiger partial charge on any atom is 0.165 e. The quantitative estimate of drug-likeness (QED) is 0.657. The predicted molar refractivity (Wildman–Crippen MR) is 65.8 cm³/mol. The zero-order valence-electron chi connectivity index (χ0n) is 9.08. The van der Waals surface area contributed by atoms with Gasteiger partial charge >= 0.3 is 0 Å². The van der Waals surface area contributed by atoms with Crippen molar-refractivity contribution in [3.05, 3.63) is 41.0 Å². The normalized spacial score (nSPS) is 10.6. The van der Waals surface area contributed by atoms with Crippen LogP contribution in [0.15, 0.2) is 29.6 Å². The summed E-state index contributed by atoms with van der Waals surface area (Å²) in [6.07, 6.45) is 0.